The molecule has 10 nitrogen and oxygen atoms in total. The number of carboxylic acid groups (broad SMARTS) is 3. The summed E-state index contributed by atoms with van der Waals surface area (Å²) in [5.74, 6) is -4.75. The number of carbonyl (C=O) groups is 3. The van der Waals surface area contributed by atoms with Crippen molar-refractivity contribution in [3.05, 3.63) is 5.82 Å². The van der Waals surface area contributed by atoms with Crippen molar-refractivity contribution in [2.24, 2.45) is 0 Å². The zero-order valence-corrected chi connectivity index (χ0v) is 8.32. The van der Waals surface area contributed by atoms with Crippen LogP contribution in [0.2, 0.25) is 0 Å². The second-order valence-corrected chi connectivity index (χ2v) is 2.93. The van der Waals surface area contributed by atoms with Crippen molar-refractivity contribution < 1.29 is 29.7 Å². The van der Waals surface area contributed by atoms with E-state index in [-0.39, 0.29) is 5.95 Å². The Balaban J connectivity index is 2.90. The van der Waals surface area contributed by atoms with Gasteiger partial charge in [-0.05, 0) is 0 Å². The summed E-state index contributed by atoms with van der Waals surface area (Å²) in [5.41, 5.74) is 0. The Hall–Kier alpha value is -2.65. The lowest BCUT2D eigenvalue weighted by molar-refractivity contribution is -0.136. The Morgan fingerprint density at radius 1 is 1.12 bits per heavy atom. The molecule has 0 saturated carbocycles. The first-order chi connectivity index (χ1) is 7.90. The Labute approximate surface area is 93.5 Å². The fourth-order valence-electron chi connectivity index (χ4n) is 1.01. The number of H-pyrrole nitrogens is 1. The van der Waals surface area contributed by atoms with E-state index in [9.17, 15) is 14.4 Å². The third-order valence-electron chi connectivity index (χ3n) is 1.61. The number of nitrogens with zero attached hydrogens (tertiary/aromatic N) is 3. The SMILES string of the molecule is O=C(O)CN(CC(=O)O)c1n[nH]c(C(=O)O)n1. The van der Waals surface area contributed by atoms with Gasteiger partial charge < -0.3 is 20.2 Å². The predicted molar refractivity (Wildman–Crippen MR) is 50.8 cm³/mol. The normalized spacial score (nSPS) is 9.88. The quantitative estimate of drug-likeness (QED) is 0.466. The van der Waals surface area contributed by atoms with Gasteiger partial charge in [0.2, 0.25) is 11.8 Å². The molecular formula is C7H8N4O6. The van der Waals surface area contributed by atoms with Crippen LogP contribution < -0.4 is 4.90 Å². The molecule has 0 aliphatic carbocycles. The molecule has 0 amide bonds. The summed E-state index contributed by atoms with van der Waals surface area (Å²) in [6, 6.07) is 0. The van der Waals surface area contributed by atoms with E-state index in [1.807, 2.05) is 5.10 Å². The molecule has 4 N–H and O–H groups in total. The Bertz CT molecular complexity index is 439. The third-order valence-corrected chi connectivity index (χ3v) is 1.61. The molecule has 0 atom stereocenters. The summed E-state index contributed by atoms with van der Waals surface area (Å²) in [5, 5.41) is 31.1. The number of rotatable bonds is 6. The summed E-state index contributed by atoms with van der Waals surface area (Å²) < 4.78 is 0. The molecule has 0 unspecified atom stereocenters. The lowest BCUT2D eigenvalue weighted by atomic mass is 10.5. The van der Waals surface area contributed by atoms with Crippen LogP contribution in [0.1, 0.15) is 10.6 Å². The van der Waals surface area contributed by atoms with Gasteiger partial charge in [-0.1, -0.05) is 0 Å². The molecule has 92 valence electrons. The van der Waals surface area contributed by atoms with Gasteiger partial charge in [0.1, 0.15) is 13.1 Å². The Morgan fingerprint density at radius 3 is 2.00 bits per heavy atom. The topological polar surface area (TPSA) is 157 Å². The van der Waals surface area contributed by atoms with Crippen LogP contribution >= 0.6 is 0 Å². The first kappa shape index (κ1) is 12.4. The second-order valence-electron chi connectivity index (χ2n) is 2.93. The number of nitrogens with one attached hydrogen (secondary N) is 1. The highest BCUT2D eigenvalue weighted by Crippen LogP contribution is 2.06. The minimum atomic E-state index is -1.38. The molecule has 0 aliphatic heterocycles. The zero-order chi connectivity index (χ0) is 13.0. The minimum Gasteiger partial charge on any atom is -0.480 e. The monoisotopic (exact) mass is 244 g/mol. The highest BCUT2D eigenvalue weighted by atomic mass is 16.4. The molecule has 1 aromatic rings. The maximum absolute atomic E-state index is 10.5. The van der Waals surface area contributed by atoms with Crippen molar-refractivity contribution >= 4 is 23.9 Å². The van der Waals surface area contributed by atoms with Crippen molar-refractivity contribution in [3.8, 4) is 0 Å². The molecule has 0 bridgehead atoms. The van der Waals surface area contributed by atoms with Crippen molar-refractivity contribution in [2.45, 2.75) is 0 Å². The summed E-state index contributed by atoms with van der Waals surface area (Å²) in [7, 11) is 0. The van der Waals surface area contributed by atoms with Crippen molar-refractivity contribution in [1.82, 2.24) is 15.2 Å². The molecule has 1 heterocycles. The molecule has 0 saturated heterocycles. The fourth-order valence-corrected chi connectivity index (χ4v) is 1.01. The first-order valence-electron chi connectivity index (χ1n) is 4.24. The van der Waals surface area contributed by atoms with Crippen LogP contribution in [0.15, 0.2) is 0 Å². The smallest absolute Gasteiger partial charge is 0.373 e. The van der Waals surface area contributed by atoms with Gasteiger partial charge in [-0.15, -0.1) is 5.10 Å². The highest BCUT2D eigenvalue weighted by Gasteiger charge is 2.20. The Morgan fingerprint density at radius 2 is 1.65 bits per heavy atom. The summed E-state index contributed by atoms with van der Waals surface area (Å²) in [6.07, 6.45) is 0. The number of aliphatic carboxylic acids is 2. The molecule has 0 aromatic carbocycles. The third kappa shape index (κ3) is 3.44. The molecule has 0 aliphatic rings. The second kappa shape index (κ2) is 4.92. The van der Waals surface area contributed by atoms with Crippen molar-refractivity contribution in [1.29, 1.82) is 0 Å². The first-order valence-corrected chi connectivity index (χ1v) is 4.24. The van der Waals surface area contributed by atoms with E-state index in [1.165, 1.54) is 0 Å². The van der Waals surface area contributed by atoms with Gasteiger partial charge in [-0.25, -0.2) is 4.79 Å². The number of anilines is 1. The van der Waals surface area contributed by atoms with E-state index in [4.69, 9.17) is 15.3 Å². The average Bonchev–Trinajstić information content (AvgIpc) is 2.63. The largest absolute Gasteiger partial charge is 0.480 e. The predicted octanol–water partition coefficient (Wildman–Crippen LogP) is -1.52. The van der Waals surface area contributed by atoms with Gasteiger partial charge in [-0.2, -0.15) is 4.98 Å². The van der Waals surface area contributed by atoms with Crippen LogP contribution in [0.5, 0.6) is 0 Å². The lowest BCUT2D eigenvalue weighted by Crippen LogP contribution is -2.35. The van der Waals surface area contributed by atoms with Gasteiger partial charge in [0.25, 0.3) is 0 Å². The van der Waals surface area contributed by atoms with Crippen LogP contribution in [0.3, 0.4) is 0 Å². The maximum atomic E-state index is 10.5. The fraction of sp³-hybridized carbons (Fsp3) is 0.286. The number of aromatic nitrogens is 3. The summed E-state index contributed by atoms with van der Waals surface area (Å²) in [6.45, 7) is -1.30. The van der Waals surface area contributed by atoms with E-state index >= 15 is 0 Å². The van der Waals surface area contributed by atoms with Crippen LogP contribution in [0, 0.1) is 0 Å². The van der Waals surface area contributed by atoms with E-state index in [0.717, 1.165) is 4.90 Å². The van der Waals surface area contributed by atoms with E-state index in [0.29, 0.717) is 0 Å². The number of carboxylic acids is 3. The molecule has 1 rings (SSSR count). The molecular weight excluding hydrogens is 236 g/mol. The molecule has 0 fully saturated rings. The van der Waals surface area contributed by atoms with Gasteiger partial charge in [0.05, 0.1) is 0 Å². The van der Waals surface area contributed by atoms with Crippen molar-refractivity contribution in [2.75, 3.05) is 18.0 Å². The van der Waals surface area contributed by atoms with Crippen molar-refractivity contribution in [3.63, 3.8) is 0 Å². The maximum Gasteiger partial charge on any atom is 0.373 e. The number of aromatic carboxylic acids is 1. The Kier molecular flexibility index (Phi) is 3.59. The van der Waals surface area contributed by atoms with Crippen LogP contribution in [0.25, 0.3) is 0 Å². The van der Waals surface area contributed by atoms with Crippen LogP contribution in [-0.4, -0.2) is 61.5 Å². The molecule has 0 radical (unpaired) electrons. The van der Waals surface area contributed by atoms with Crippen LogP contribution in [-0.2, 0) is 9.59 Å². The van der Waals surface area contributed by atoms with Gasteiger partial charge in [0.15, 0.2) is 0 Å². The summed E-state index contributed by atoms with van der Waals surface area (Å²) >= 11 is 0. The number of hydrogen-bond acceptors (Lipinski definition) is 6. The molecule has 1 aromatic heterocycles. The number of aromatic amines is 1. The average molecular weight is 244 g/mol. The number of hydrogen-bond donors (Lipinski definition) is 4. The van der Waals surface area contributed by atoms with Gasteiger partial charge in [-0.3, -0.25) is 14.7 Å². The standard InChI is InChI=1S/C7H8N4O6/c12-3(13)1-11(2-4(14)15)7-8-5(6(16)17)9-10-7/h1-2H2,(H,12,13)(H,14,15)(H,16,17)(H,8,9,10). The minimum absolute atomic E-state index is 0.299. The summed E-state index contributed by atoms with van der Waals surface area (Å²) in [4.78, 5) is 35.7. The molecule has 10 heteroatoms. The highest BCUT2D eigenvalue weighted by molar-refractivity contribution is 5.84. The van der Waals surface area contributed by atoms with E-state index in [2.05, 4.69) is 10.1 Å². The molecule has 17 heavy (non-hydrogen) atoms. The van der Waals surface area contributed by atoms with E-state index in [1.54, 1.807) is 0 Å². The zero-order valence-electron chi connectivity index (χ0n) is 8.32. The lowest BCUT2D eigenvalue weighted by Gasteiger charge is -2.15. The molecule has 0 spiro atoms. The van der Waals surface area contributed by atoms with Gasteiger partial charge in [0, 0.05) is 0 Å². The van der Waals surface area contributed by atoms with Crippen LogP contribution in [0.4, 0.5) is 5.95 Å². The van der Waals surface area contributed by atoms with E-state index < -0.39 is 36.8 Å². The van der Waals surface area contributed by atoms with Gasteiger partial charge >= 0.3 is 17.9 Å².